The number of nitrogens with zero attached hydrogens (tertiary/aromatic N) is 3. The van der Waals surface area contributed by atoms with E-state index in [0.29, 0.717) is 33.4 Å². The number of likely N-dealkylation sites (tertiary alicyclic amines) is 1. The van der Waals surface area contributed by atoms with Crippen molar-refractivity contribution in [3.8, 4) is 11.1 Å². The molecule has 1 atom stereocenters. The lowest BCUT2D eigenvalue weighted by Gasteiger charge is -2.16. The third-order valence-corrected chi connectivity index (χ3v) is 7.34. The fraction of sp³-hybridized carbons (Fsp3) is 0.320. The number of halogens is 2. The summed E-state index contributed by atoms with van der Waals surface area (Å²) in [5, 5.41) is 4.87. The van der Waals surface area contributed by atoms with Gasteiger partial charge in [0.25, 0.3) is 0 Å². The second kappa shape index (κ2) is 11.8. The summed E-state index contributed by atoms with van der Waals surface area (Å²) in [6, 6.07) is 15.8. The van der Waals surface area contributed by atoms with Crippen molar-refractivity contribution in [3.63, 3.8) is 0 Å². The lowest BCUT2D eigenvalue weighted by molar-refractivity contribution is -0.118. The molecule has 0 radical (unpaired) electrons. The molecule has 1 N–H and O–H groups in total. The zero-order chi connectivity index (χ0) is 23.0. The summed E-state index contributed by atoms with van der Waals surface area (Å²) in [4.78, 5) is 23.5. The zero-order valence-corrected chi connectivity index (χ0v) is 20.5. The van der Waals surface area contributed by atoms with E-state index in [0.717, 1.165) is 43.6 Å². The van der Waals surface area contributed by atoms with Gasteiger partial charge in [-0.15, -0.1) is 0 Å². The average Bonchev–Trinajstić information content (AvgIpc) is 3.31. The van der Waals surface area contributed by atoms with Crippen LogP contribution in [0.1, 0.15) is 12.0 Å². The van der Waals surface area contributed by atoms with E-state index in [2.05, 4.69) is 20.2 Å². The predicted molar refractivity (Wildman–Crippen MR) is 136 cm³/mol. The van der Waals surface area contributed by atoms with E-state index in [-0.39, 0.29) is 5.91 Å². The molecule has 0 aliphatic carbocycles. The van der Waals surface area contributed by atoms with Crippen molar-refractivity contribution < 1.29 is 4.79 Å². The van der Waals surface area contributed by atoms with Crippen molar-refractivity contribution in [1.29, 1.82) is 0 Å². The summed E-state index contributed by atoms with van der Waals surface area (Å²) >= 11 is 13.5. The van der Waals surface area contributed by atoms with Crippen molar-refractivity contribution in [3.05, 3.63) is 76.5 Å². The van der Waals surface area contributed by atoms with Gasteiger partial charge in [-0.2, -0.15) is 0 Å². The second-order valence-corrected chi connectivity index (χ2v) is 9.92. The van der Waals surface area contributed by atoms with Gasteiger partial charge in [-0.1, -0.05) is 71.4 Å². The number of hydrogen-bond donors (Lipinski definition) is 1. The lowest BCUT2D eigenvalue weighted by atomic mass is 10.1. The van der Waals surface area contributed by atoms with Crippen LogP contribution in [0.3, 0.4) is 0 Å². The molecule has 2 heterocycles. The molecule has 1 fully saturated rings. The Morgan fingerprint density at radius 2 is 1.85 bits per heavy atom. The van der Waals surface area contributed by atoms with E-state index in [4.69, 9.17) is 23.2 Å². The molecule has 1 aliphatic rings. The van der Waals surface area contributed by atoms with Gasteiger partial charge >= 0.3 is 0 Å². The highest BCUT2D eigenvalue weighted by molar-refractivity contribution is 7.99. The van der Waals surface area contributed by atoms with E-state index >= 15 is 0 Å². The van der Waals surface area contributed by atoms with Crippen LogP contribution < -0.4 is 5.32 Å². The summed E-state index contributed by atoms with van der Waals surface area (Å²) in [7, 11) is 0. The minimum absolute atomic E-state index is 0.0185. The average molecular weight is 501 g/mol. The second-order valence-electron chi connectivity index (χ2n) is 8.17. The molecule has 3 aromatic rings. The molecule has 1 amide bonds. The van der Waals surface area contributed by atoms with Gasteiger partial charge in [-0.25, -0.2) is 9.97 Å². The van der Waals surface area contributed by atoms with Crippen molar-refractivity contribution in [2.24, 2.45) is 5.92 Å². The van der Waals surface area contributed by atoms with Crippen molar-refractivity contribution >= 4 is 40.9 Å². The maximum Gasteiger partial charge on any atom is 0.230 e. The first-order chi connectivity index (χ1) is 16.1. The molecule has 172 valence electrons. The fourth-order valence-electron chi connectivity index (χ4n) is 3.87. The zero-order valence-electron chi connectivity index (χ0n) is 18.2. The van der Waals surface area contributed by atoms with Crippen LogP contribution in [0.15, 0.2) is 66.1 Å². The Hall–Kier alpha value is -2.12. The molecule has 0 spiro atoms. The van der Waals surface area contributed by atoms with Crippen LogP contribution in [0.5, 0.6) is 0 Å². The predicted octanol–water partition coefficient (Wildman–Crippen LogP) is 5.22. The van der Waals surface area contributed by atoms with Gasteiger partial charge in [0, 0.05) is 37.6 Å². The molecular formula is C25H26Cl2N4OS. The van der Waals surface area contributed by atoms with E-state index in [1.165, 1.54) is 17.3 Å². The smallest absolute Gasteiger partial charge is 0.230 e. The maximum absolute atomic E-state index is 12.3. The van der Waals surface area contributed by atoms with Gasteiger partial charge in [0.1, 0.15) is 0 Å². The van der Waals surface area contributed by atoms with Gasteiger partial charge in [0.05, 0.1) is 15.8 Å². The first-order valence-corrected chi connectivity index (χ1v) is 12.7. The molecule has 0 saturated carbocycles. The number of nitrogens with one attached hydrogen (secondary N) is 1. The number of carbonyl (C=O) groups excluding carboxylic acids is 1. The van der Waals surface area contributed by atoms with Crippen LogP contribution in [0.2, 0.25) is 10.0 Å². The summed E-state index contributed by atoms with van der Waals surface area (Å²) in [6.45, 7) is 3.74. The quantitative estimate of drug-likeness (QED) is 0.322. The van der Waals surface area contributed by atoms with E-state index in [9.17, 15) is 4.79 Å². The minimum Gasteiger partial charge on any atom is -0.355 e. The van der Waals surface area contributed by atoms with Gasteiger partial charge < -0.3 is 10.2 Å². The molecule has 5 nitrogen and oxygen atoms in total. The number of carbonyl (C=O) groups is 1. The highest BCUT2D eigenvalue weighted by Gasteiger charge is 2.22. The number of rotatable bonds is 9. The highest BCUT2D eigenvalue weighted by Crippen LogP contribution is 2.24. The third kappa shape index (κ3) is 7.18. The summed E-state index contributed by atoms with van der Waals surface area (Å²) in [6.07, 6.45) is 5.63. The summed E-state index contributed by atoms with van der Waals surface area (Å²) in [5.74, 6) is 0.817. The molecule has 0 bridgehead atoms. The lowest BCUT2D eigenvalue weighted by Crippen LogP contribution is -2.32. The molecular weight excluding hydrogens is 475 g/mol. The summed E-state index contributed by atoms with van der Waals surface area (Å²) < 4.78 is 0. The Balaban J connectivity index is 1.14. The Morgan fingerprint density at radius 3 is 2.61 bits per heavy atom. The van der Waals surface area contributed by atoms with Crippen LogP contribution in [0, 0.1) is 5.92 Å². The highest BCUT2D eigenvalue weighted by atomic mass is 35.5. The Morgan fingerprint density at radius 1 is 1.06 bits per heavy atom. The Bertz CT molecular complexity index is 1070. The monoisotopic (exact) mass is 500 g/mol. The molecule has 4 rings (SSSR count). The standard InChI is InChI=1S/C25H26Cl2N4OS/c26-22-7-6-18(12-23(22)27)8-10-31-11-9-19(16-31)13-28-24(32)17-33-25-29-14-21(15-30-25)20-4-2-1-3-5-20/h1-7,12,14-15,19H,8-11,13,16-17H2,(H,28,32). The van der Waals surface area contributed by atoms with Gasteiger partial charge in [-0.05, 0) is 48.6 Å². The number of aromatic nitrogens is 2. The third-order valence-electron chi connectivity index (χ3n) is 5.73. The van der Waals surface area contributed by atoms with Crippen LogP contribution in [0.4, 0.5) is 0 Å². The van der Waals surface area contributed by atoms with Crippen molar-refractivity contribution in [2.75, 3.05) is 31.9 Å². The van der Waals surface area contributed by atoms with E-state index in [1.54, 1.807) is 12.4 Å². The SMILES string of the molecule is O=C(CSc1ncc(-c2ccccc2)cn1)NCC1CCN(CCc2ccc(Cl)c(Cl)c2)C1. The van der Waals surface area contributed by atoms with Crippen LogP contribution >= 0.6 is 35.0 Å². The van der Waals surface area contributed by atoms with E-state index < -0.39 is 0 Å². The largest absolute Gasteiger partial charge is 0.355 e. The topological polar surface area (TPSA) is 58.1 Å². The fourth-order valence-corrected chi connectivity index (χ4v) is 4.81. The number of hydrogen-bond acceptors (Lipinski definition) is 5. The number of benzene rings is 2. The van der Waals surface area contributed by atoms with Gasteiger partial charge in [0.15, 0.2) is 5.16 Å². The summed E-state index contributed by atoms with van der Waals surface area (Å²) in [5.41, 5.74) is 3.24. The first-order valence-electron chi connectivity index (χ1n) is 11.0. The van der Waals surface area contributed by atoms with Crippen LogP contribution in [0.25, 0.3) is 11.1 Å². The molecule has 33 heavy (non-hydrogen) atoms. The number of amides is 1. The van der Waals surface area contributed by atoms with Crippen molar-refractivity contribution in [1.82, 2.24) is 20.2 Å². The molecule has 1 unspecified atom stereocenters. The molecule has 1 saturated heterocycles. The maximum atomic E-state index is 12.3. The van der Waals surface area contributed by atoms with Gasteiger partial charge in [0.2, 0.25) is 5.91 Å². The first kappa shape index (κ1) is 24.0. The molecule has 2 aromatic carbocycles. The molecule has 1 aliphatic heterocycles. The Kier molecular flexibility index (Phi) is 8.62. The molecule has 8 heteroatoms. The van der Waals surface area contributed by atoms with Gasteiger partial charge in [-0.3, -0.25) is 4.79 Å². The molecule has 1 aromatic heterocycles. The minimum atomic E-state index is 0.0185. The Labute approximate surface area is 208 Å². The van der Waals surface area contributed by atoms with Crippen LogP contribution in [-0.4, -0.2) is 52.7 Å². The van der Waals surface area contributed by atoms with Crippen molar-refractivity contribution in [2.45, 2.75) is 18.0 Å². The normalized spacial score (nSPS) is 16.1. The number of thioether (sulfide) groups is 1. The van der Waals surface area contributed by atoms with E-state index in [1.807, 2.05) is 48.5 Å². The van der Waals surface area contributed by atoms with Crippen LogP contribution in [-0.2, 0) is 11.2 Å².